The Morgan fingerprint density at radius 2 is 1.67 bits per heavy atom. The van der Waals surface area contributed by atoms with Crippen LogP contribution in [0.5, 0.6) is 0 Å². The predicted octanol–water partition coefficient (Wildman–Crippen LogP) is 10.8. The van der Waals surface area contributed by atoms with E-state index in [9.17, 15) is 0 Å². The van der Waals surface area contributed by atoms with Gasteiger partial charge in [-0.1, -0.05) is 58.4 Å². The fourth-order valence-electron chi connectivity index (χ4n) is 8.52. The zero-order valence-electron chi connectivity index (χ0n) is 30.5. The summed E-state index contributed by atoms with van der Waals surface area (Å²) in [6.45, 7) is 19.6. The topological polar surface area (TPSA) is 44.6 Å². The molecule has 2 aliphatic heterocycles. The molecule has 0 aromatic carbocycles. The highest BCUT2D eigenvalue weighted by Gasteiger charge is 2.31. The molecule has 48 heavy (non-hydrogen) atoms. The number of rotatable bonds is 11. The van der Waals surface area contributed by atoms with Crippen LogP contribution < -0.4 is 4.90 Å². The van der Waals surface area contributed by atoms with E-state index in [2.05, 4.69) is 74.4 Å². The number of nitrogens with zero attached hydrogens (tertiary/aromatic N) is 5. The van der Waals surface area contributed by atoms with Gasteiger partial charge >= 0.3 is 0 Å². The van der Waals surface area contributed by atoms with Crippen molar-refractivity contribution >= 4 is 17.2 Å². The summed E-state index contributed by atoms with van der Waals surface area (Å²) in [4.78, 5) is 19.8. The lowest BCUT2D eigenvalue weighted by Gasteiger charge is -2.42. The largest absolute Gasteiger partial charge is 0.372 e. The van der Waals surface area contributed by atoms with E-state index >= 15 is 0 Å². The maximum Gasteiger partial charge on any atom is 0.133 e. The zero-order valence-corrected chi connectivity index (χ0v) is 30.5. The molecule has 2 aromatic heterocycles. The van der Waals surface area contributed by atoms with E-state index < -0.39 is 0 Å². The number of hydrogen-bond donors (Lipinski definition) is 0. The summed E-state index contributed by atoms with van der Waals surface area (Å²) in [5, 5.41) is 0. The first-order chi connectivity index (χ1) is 23.3. The van der Waals surface area contributed by atoms with Crippen LogP contribution in [0.15, 0.2) is 66.1 Å². The normalized spacial score (nSPS) is 24.2. The molecule has 258 valence electrons. The summed E-state index contributed by atoms with van der Waals surface area (Å²) < 4.78 is 0. The van der Waals surface area contributed by atoms with E-state index in [1.54, 1.807) is 0 Å². The molecule has 7 rings (SSSR count). The Morgan fingerprint density at radius 1 is 0.917 bits per heavy atom. The highest BCUT2D eigenvalue weighted by molar-refractivity contribution is 5.98. The van der Waals surface area contributed by atoms with Crippen LogP contribution in [0.3, 0.4) is 0 Å². The minimum absolute atomic E-state index is 0.579. The maximum atomic E-state index is 5.03. The van der Waals surface area contributed by atoms with Crippen molar-refractivity contribution in [2.75, 3.05) is 18.0 Å². The van der Waals surface area contributed by atoms with Crippen LogP contribution in [0, 0.1) is 24.7 Å². The maximum absolute atomic E-state index is 5.03. The molecular weight excluding hydrogens is 587 g/mol. The lowest BCUT2D eigenvalue weighted by Crippen LogP contribution is -2.45. The summed E-state index contributed by atoms with van der Waals surface area (Å²) in [7, 11) is 0. The number of hydrogen-bond acceptors (Lipinski definition) is 5. The van der Waals surface area contributed by atoms with Crippen LogP contribution in [0.4, 0.5) is 5.82 Å². The van der Waals surface area contributed by atoms with Crippen LogP contribution in [-0.4, -0.2) is 39.7 Å². The summed E-state index contributed by atoms with van der Waals surface area (Å²) in [5.74, 6) is 3.63. The molecule has 0 spiro atoms. The monoisotopic (exact) mass is 647 g/mol. The quantitative estimate of drug-likeness (QED) is 0.243. The molecule has 4 fully saturated rings. The molecule has 3 aliphatic carbocycles. The van der Waals surface area contributed by atoms with Gasteiger partial charge in [0.1, 0.15) is 5.82 Å². The Labute approximate surface area is 291 Å². The summed E-state index contributed by atoms with van der Waals surface area (Å²) in [5.41, 5.74) is 10.1. The van der Waals surface area contributed by atoms with Crippen molar-refractivity contribution in [2.45, 2.75) is 136 Å². The Hall–Kier alpha value is -3.21. The van der Waals surface area contributed by atoms with Gasteiger partial charge < -0.3 is 9.80 Å². The van der Waals surface area contributed by atoms with Crippen LogP contribution in [0.2, 0.25) is 0 Å². The molecule has 0 amide bonds. The summed E-state index contributed by atoms with van der Waals surface area (Å²) in [6, 6.07) is 9.82. The van der Waals surface area contributed by atoms with Gasteiger partial charge in [0, 0.05) is 71.7 Å². The van der Waals surface area contributed by atoms with Gasteiger partial charge in [0.25, 0.3) is 0 Å². The molecule has 5 nitrogen and oxygen atoms in total. The van der Waals surface area contributed by atoms with Crippen molar-refractivity contribution in [3.63, 3.8) is 0 Å². The molecule has 0 N–H and O–H groups in total. The Morgan fingerprint density at radius 3 is 2.27 bits per heavy atom. The number of anilines is 1. The van der Waals surface area contributed by atoms with E-state index in [1.165, 1.54) is 130 Å². The molecule has 5 aliphatic rings. The summed E-state index contributed by atoms with van der Waals surface area (Å²) >= 11 is 0. The second-order valence-corrected chi connectivity index (χ2v) is 15.3. The van der Waals surface area contributed by atoms with Crippen LogP contribution in [0.25, 0.3) is 5.70 Å². The van der Waals surface area contributed by atoms with Crippen molar-refractivity contribution < 1.29 is 0 Å². The minimum atomic E-state index is 0.579. The summed E-state index contributed by atoms with van der Waals surface area (Å²) in [6.07, 6.45) is 23.1. The highest BCUT2D eigenvalue weighted by atomic mass is 15.2. The smallest absolute Gasteiger partial charge is 0.133 e. The fourth-order valence-corrected chi connectivity index (χ4v) is 8.52. The highest BCUT2D eigenvalue weighted by Crippen LogP contribution is 2.40. The number of likely N-dealkylation sites (tertiary alicyclic amines) is 1. The van der Waals surface area contributed by atoms with Crippen LogP contribution in [-0.2, 0) is 6.42 Å². The van der Waals surface area contributed by atoms with E-state index in [1.807, 2.05) is 6.20 Å². The number of allylic oxidation sites excluding steroid dienone is 3. The molecule has 2 aromatic rings. The second-order valence-electron chi connectivity index (χ2n) is 15.3. The number of aromatic nitrogens is 2. The van der Waals surface area contributed by atoms with Gasteiger partial charge in [-0.2, -0.15) is 0 Å². The second kappa shape index (κ2) is 16.0. The molecule has 0 radical (unpaired) electrons. The van der Waals surface area contributed by atoms with Crippen LogP contribution >= 0.6 is 0 Å². The van der Waals surface area contributed by atoms with Gasteiger partial charge in [0.15, 0.2) is 0 Å². The lowest BCUT2D eigenvalue weighted by atomic mass is 9.79. The Kier molecular flexibility index (Phi) is 11.5. The van der Waals surface area contributed by atoms with Crippen molar-refractivity contribution in [3.05, 3.63) is 83.6 Å². The van der Waals surface area contributed by atoms with Gasteiger partial charge in [0.2, 0.25) is 0 Å². The average molecular weight is 648 g/mol. The van der Waals surface area contributed by atoms with Gasteiger partial charge in [-0.15, -0.1) is 0 Å². The third-order valence-corrected chi connectivity index (χ3v) is 12.0. The first-order valence-corrected chi connectivity index (χ1v) is 19.4. The zero-order chi connectivity index (χ0) is 33.6. The third kappa shape index (κ3) is 8.32. The van der Waals surface area contributed by atoms with Crippen molar-refractivity contribution in [2.24, 2.45) is 22.7 Å². The molecule has 4 heterocycles. The van der Waals surface area contributed by atoms with Crippen molar-refractivity contribution in [1.29, 1.82) is 0 Å². The van der Waals surface area contributed by atoms with Gasteiger partial charge in [0.05, 0.1) is 5.70 Å². The van der Waals surface area contributed by atoms with Crippen molar-refractivity contribution in [3.8, 4) is 0 Å². The average Bonchev–Trinajstić information content (AvgIpc) is 3.83. The minimum Gasteiger partial charge on any atom is -0.372 e. The molecule has 0 bridgehead atoms. The SMILES string of the molecule is C=C(C)N1CCC1CC.C=C(C1CCCCC1)N(CC1CCC(c2ccc(CC)c(C)n2)CC1)c1cc(C2=CCC(C3CC3)=N2)ccn1. The molecule has 1 saturated heterocycles. The third-order valence-electron chi connectivity index (χ3n) is 12.0. The van der Waals surface area contributed by atoms with Gasteiger partial charge in [-0.3, -0.25) is 9.98 Å². The molecular formula is C43H61N5. The standard InChI is InChI=1S/C35H46N4.C8H15N/c1-4-27-16-17-32(37-24(27)2)29-12-10-26(11-13-29)23-39(25(3)28-8-6-5-7-9-28)35-22-31(20-21-36-35)34-19-18-33(38-34)30-14-15-30;1-4-8-5-6-9(8)7(2)3/h16-17,19-22,26,28-30H,3-15,18,23H2,1-2H3;8H,2,4-6H2,1,3H3. The molecule has 1 unspecified atom stereocenters. The molecule has 5 heteroatoms. The van der Waals surface area contributed by atoms with Crippen molar-refractivity contribution in [1.82, 2.24) is 14.9 Å². The van der Waals surface area contributed by atoms with E-state index in [4.69, 9.17) is 21.5 Å². The predicted molar refractivity (Wildman–Crippen MR) is 203 cm³/mol. The Balaban J connectivity index is 0.000000388. The Bertz CT molecular complexity index is 1480. The van der Waals surface area contributed by atoms with Gasteiger partial charge in [-0.05, 0) is 126 Å². The first-order valence-electron chi connectivity index (χ1n) is 19.4. The number of pyridine rings is 2. The molecule has 1 atom stereocenters. The van der Waals surface area contributed by atoms with Crippen LogP contribution in [0.1, 0.15) is 139 Å². The molecule has 3 saturated carbocycles. The first kappa shape index (κ1) is 34.6. The van der Waals surface area contributed by atoms with E-state index in [0.717, 1.165) is 42.9 Å². The van der Waals surface area contributed by atoms with Gasteiger partial charge in [-0.25, -0.2) is 4.98 Å². The number of aliphatic imine (C=N–C) groups is 1. The van der Waals surface area contributed by atoms with E-state index in [0.29, 0.717) is 17.8 Å². The van der Waals surface area contributed by atoms with E-state index in [-0.39, 0.29) is 0 Å². The number of aryl methyl sites for hydroxylation is 2. The lowest BCUT2D eigenvalue weighted by molar-refractivity contribution is 0.133. The fraction of sp³-hybridized carbons (Fsp3) is 0.605.